The van der Waals surface area contributed by atoms with Crippen molar-refractivity contribution in [2.24, 2.45) is 0 Å². The Balaban J connectivity index is 2.41. The zero-order chi connectivity index (χ0) is 12.3. The minimum absolute atomic E-state index is 0.0105. The van der Waals surface area contributed by atoms with Gasteiger partial charge in [-0.05, 0) is 12.1 Å². The number of anilines is 1. The molecule has 0 saturated heterocycles. The molecule has 0 spiro atoms. The van der Waals surface area contributed by atoms with Gasteiger partial charge in [0.2, 0.25) is 0 Å². The van der Waals surface area contributed by atoms with Gasteiger partial charge in [-0.3, -0.25) is 5.10 Å². The van der Waals surface area contributed by atoms with Crippen LogP contribution in [0.3, 0.4) is 0 Å². The lowest BCUT2D eigenvalue weighted by molar-refractivity contribution is 1.12. The summed E-state index contributed by atoms with van der Waals surface area (Å²) in [6, 6.07) is 8.93. The number of halogens is 1. The molecule has 2 aromatic rings. The maximum absolute atomic E-state index is 8.60. The number of aromatic amines is 1. The van der Waals surface area contributed by atoms with E-state index in [9.17, 15) is 0 Å². The Hall–Kier alpha value is -2.50. The van der Waals surface area contributed by atoms with Crippen molar-refractivity contribution in [1.82, 2.24) is 10.2 Å². The molecule has 0 aliphatic heterocycles. The van der Waals surface area contributed by atoms with E-state index in [0.29, 0.717) is 16.4 Å². The number of rotatable bonds is 2. The summed E-state index contributed by atoms with van der Waals surface area (Å²) in [5.41, 5.74) is 1.32. The highest BCUT2D eigenvalue weighted by Crippen LogP contribution is 2.26. The normalized spacial score (nSPS) is 9.35. The minimum atomic E-state index is -0.0105. The topological polar surface area (TPSA) is 88.3 Å². The molecule has 1 aromatic heterocycles. The molecule has 0 aliphatic carbocycles. The predicted molar refractivity (Wildman–Crippen MR) is 64.0 cm³/mol. The van der Waals surface area contributed by atoms with E-state index >= 15 is 0 Å². The van der Waals surface area contributed by atoms with Gasteiger partial charge in [0.15, 0.2) is 0 Å². The van der Waals surface area contributed by atoms with E-state index in [-0.39, 0.29) is 5.57 Å². The highest BCUT2D eigenvalue weighted by molar-refractivity contribution is 6.34. The van der Waals surface area contributed by atoms with Gasteiger partial charge < -0.3 is 5.32 Å². The van der Waals surface area contributed by atoms with Crippen LogP contribution < -0.4 is 5.32 Å². The first-order valence-electron chi connectivity index (χ1n) is 4.65. The van der Waals surface area contributed by atoms with Gasteiger partial charge in [-0.15, -0.1) is 0 Å². The van der Waals surface area contributed by atoms with E-state index < -0.39 is 0 Å². The van der Waals surface area contributed by atoms with Crippen molar-refractivity contribution in [3.05, 3.63) is 35.1 Å². The predicted octanol–water partition coefficient (Wildman–Crippen LogP) is 2.56. The first-order valence-corrected chi connectivity index (χ1v) is 5.03. The number of nitrogens with zero attached hydrogens (tertiary/aromatic N) is 3. The van der Waals surface area contributed by atoms with E-state index in [0.717, 1.165) is 5.39 Å². The molecule has 0 fully saturated rings. The average Bonchev–Trinajstić information content (AvgIpc) is 2.73. The summed E-state index contributed by atoms with van der Waals surface area (Å²) in [6.07, 6.45) is 1.33. The second kappa shape index (κ2) is 4.56. The van der Waals surface area contributed by atoms with Crippen molar-refractivity contribution in [2.45, 2.75) is 0 Å². The summed E-state index contributed by atoms with van der Waals surface area (Å²) in [7, 11) is 0. The molecule has 2 rings (SSSR count). The van der Waals surface area contributed by atoms with Crippen LogP contribution in [-0.4, -0.2) is 10.2 Å². The third kappa shape index (κ3) is 2.05. The first kappa shape index (κ1) is 11.0. The molecule has 0 bridgehead atoms. The number of hydrogen-bond acceptors (Lipinski definition) is 4. The molecule has 82 valence electrons. The van der Waals surface area contributed by atoms with Crippen molar-refractivity contribution >= 4 is 28.2 Å². The monoisotopic (exact) mass is 243 g/mol. The summed E-state index contributed by atoms with van der Waals surface area (Å²) in [6.45, 7) is 0. The van der Waals surface area contributed by atoms with Gasteiger partial charge >= 0.3 is 0 Å². The maximum atomic E-state index is 8.60. The molecule has 0 amide bonds. The van der Waals surface area contributed by atoms with Gasteiger partial charge in [0.25, 0.3) is 0 Å². The molecule has 1 aromatic carbocycles. The van der Waals surface area contributed by atoms with Gasteiger partial charge in [0.05, 0.1) is 5.69 Å². The summed E-state index contributed by atoms with van der Waals surface area (Å²) in [5.74, 6) is 0. The van der Waals surface area contributed by atoms with Gasteiger partial charge in [0.1, 0.15) is 28.4 Å². The molecule has 0 atom stereocenters. The summed E-state index contributed by atoms with van der Waals surface area (Å²) in [5, 5.41) is 28.0. The second-order valence-corrected chi connectivity index (χ2v) is 3.54. The Morgan fingerprint density at radius 2 is 2.18 bits per heavy atom. The number of benzene rings is 1. The van der Waals surface area contributed by atoms with E-state index in [1.54, 1.807) is 24.3 Å². The van der Waals surface area contributed by atoms with Crippen LogP contribution in [0.4, 0.5) is 5.69 Å². The fourth-order valence-electron chi connectivity index (χ4n) is 1.36. The number of allylic oxidation sites excluding steroid dienone is 1. The van der Waals surface area contributed by atoms with Crippen molar-refractivity contribution in [3.63, 3.8) is 0 Å². The van der Waals surface area contributed by atoms with Gasteiger partial charge in [-0.1, -0.05) is 17.7 Å². The zero-order valence-electron chi connectivity index (χ0n) is 8.53. The number of para-hydroxylation sites is 1. The van der Waals surface area contributed by atoms with Crippen LogP contribution in [0.15, 0.2) is 30.0 Å². The highest BCUT2D eigenvalue weighted by Gasteiger charge is 2.06. The highest BCUT2D eigenvalue weighted by atomic mass is 35.5. The third-order valence-corrected chi connectivity index (χ3v) is 2.44. The Bertz CT molecular complexity index is 655. The fraction of sp³-hybridized carbons (Fsp3) is 0. The molecule has 0 saturated carbocycles. The van der Waals surface area contributed by atoms with Crippen LogP contribution >= 0.6 is 11.6 Å². The number of fused-ring (bicyclic) bond motifs is 1. The van der Waals surface area contributed by atoms with Crippen molar-refractivity contribution in [3.8, 4) is 12.1 Å². The molecule has 5 nitrogen and oxygen atoms in total. The van der Waals surface area contributed by atoms with Crippen molar-refractivity contribution in [1.29, 1.82) is 10.5 Å². The summed E-state index contributed by atoms with van der Waals surface area (Å²) >= 11 is 5.90. The van der Waals surface area contributed by atoms with E-state index in [2.05, 4.69) is 15.5 Å². The molecule has 0 radical (unpaired) electrons. The largest absolute Gasteiger partial charge is 0.358 e. The number of H-pyrrole nitrogens is 1. The average molecular weight is 244 g/mol. The number of nitrogens with one attached hydrogen (secondary N) is 2. The van der Waals surface area contributed by atoms with E-state index in [4.69, 9.17) is 22.1 Å². The Kier molecular flexibility index (Phi) is 2.95. The number of aromatic nitrogens is 2. The van der Waals surface area contributed by atoms with Crippen LogP contribution in [0.2, 0.25) is 5.15 Å². The molecule has 0 unspecified atom stereocenters. The molecule has 0 aliphatic rings. The molecule has 17 heavy (non-hydrogen) atoms. The lowest BCUT2D eigenvalue weighted by atomic mass is 10.2. The summed E-state index contributed by atoms with van der Waals surface area (Å²) < 4.78 is 0. The standard InChI is InChI=1S/C11H6ClN5/c12-11-8-2-1-3-9(10(8)16-17-11)15-6-7(4-13)5-14/h1-3,6,15H,(H,16,17). The van der Waals surface area contributed by atoms with Crippen LogP contribution in [0.25, 0.3) is 10.9 Å². The van der Waals surface area contributed by atoms with Crippen molar-refractivity contribution in [2.75, 3.05) is 5.32 Å². The Morgan fingerprint density at radius 1 is 1.41 bits per heavy atom. The van der Waals surface area contributed by atoms with Gasteiger partial charge in [0, 0.05) is 11.6 Å². The molecule has 1 heterocycles. The second-order valence-electron chi connectivity index (χ2n) is 3.17. The SMILES string of the molecule is N#CC(C#N)=CNc1cccc2c(Cl)[nH]nc12. The van der Waals surface area contributed by atoms with Gasteiger partial charge in [-0.25, -0.2) is 0 Å². The molecular formula is C11H6ClN5. The fourth-order valence-corrected chi connectivity index (χ4v) is 1.56. The maximum Gasteiger partial charge on any atom is 0.145 e. The van der Waals surface area contributed by atoms with Crippen molar-refractivity contribution < 1.29 is 0 Å². The smallest absolute Gasteiger partial charge is 0.145 e. The van der Waals surface area contributed by atoms with Crippen LogP contribution in [-0.2, 0) is 0 Å². The van der Waals surface area contributed by atoms with E-state index in [1.165, 1.54) is 6.20 Å². The number of nitriles is 2. The zero-order valence-corrected chi connectivity index (χ0v) is 9.28. The molecule has 6 heteroatoms. The lowest BCUT2D eigenvalue weighted by Gasteiger charge is -2.00. The quantitative estimate of drug-likeness (QED) is 0.794. The van der Waals surface area contributed by atoms with Crippen LogP contribution in [0.1, 0.15) is 0 Å². The van der Waals surface area contributed by atoms with E-state index in [1.807, 2.05) is 6.07 Å². The molecular weight excluding hydrogens is 238 g/mol. The first-order chi connectivity index (χ1) is 8.26. The van der Waals surface area contributed by atoms with Gasteiger partial charge in [-0.2, -0.15) is 15.6 Å². The third-order valence-electron chi connectivity index (χ3n) is 2.15. The Labute approximate surface area is 102 Å². The van der Waals surface area contributed by atoms with Crippen LogP contribution in [0, 0.1) is 22.7 Å². The summed E-state index contributed by atoms with van der Waals surface area (Å²) in [4.78, 5) is 0. The lowest BCUT2D eigenvalue weighted by Crippen LogP contribution is -1.90. The van der Waals surface area contributed by atoms with Crippen LogP contribution in [0.5, 0.6) is 0 Å². The Morgan fingerprint density at radius 3 is 2.88 bits per heavy atom. The number of hydrogen-bond donors (Lipinski definition) is 2. The molecule has 2 N–H and O–H groups in total. The minimum Gasteiger partial charge on any atom is -0.358 e.